The van der Waals surface area contributed by atoms with Crippen molar-refractivity contribution in [1.29, 1.82) is 0 Å². The van der Waals surface area contributed by atoms with Crippen molar-refractivity contribution in [3.63, 3.8) is 0 Å². The molecule has 0 fully saturated rings. The average molecular weight is 312 g/mol. The number of aromatic amines is 1. The van der Waals surface area contributed by atoms with Gasteiger partial charge in [-0.25, -0.2) is 9.97 Å². The first-order valence-corrected chi connectivity index (χ1v) is 6.43. The Labute approximate surface area is 123 Å². The Morgan fingerprint density at radius 3 is 2.62 bits per heavy atom. The number of aryl methyl sites for hydroxylation is 1. The molecule has 0 amide bonds. The number of nitrogens with zero attached hydrogens (tertiary/aromatic N) is 2. The molecule has 21 heavy (non-hydrogen) atoms. The Kier molecular flexibility index (Phi) is 3.13. The second kappa shape index (κ2) is 4.73. The number of rotatable bonds is 1. The number of alkyl halides is 3. The molecular weight excluding hydrogens is 303 g/mol. The highest BCUT2D eigenvalue weighted by atomic mass is 35.5. The number of nitrogens with one attached hydrogen (secondary N) is 1. The summed E-state index contributed by atoms with van der Waals surface area (Å²) in [6, 6.07) is 6.68. The minimum atomic E-state index is -4.38. The molecule has 0 spiro atoms. The second-order valence-corrected chi connectivity index (χ2v) is 4.95. The van der Waals surface area contributed by atoms with Crippen LogP contribution in [0, 0.1) is 6.92 Å². The van der Waals surface area contributed by atoms with Crippen LogP contribution in [0.3, 0.4) is 0 Å². The zero-order chi connectivity index (χ0) is 15.2. The van der Waals surface area contributed by atoms with Crippen molar-refractivity contribution in [3.05, 3.63) is 46.9 Å². The molecule has 0 radical (unpaired) electrons. The van der Waals surface area contributed by atoms with Gasteiger partial charge in [0.2, 0.25) is 0 Å². The lowest BCUT2D eigenvalue weighted by Gasteiger charge is -2.07. The molecule has 2 aliphatic rings. The molecular formula is C14H9ClF3N3. The maximum Gasteiger partial charge on any atom is 0.416 e. The number of halogens is 4. The fraction of sp³-hybridized carbons (Fsp3) is 0.143. The molecule has 1 N–H and O–H groups in total. The van der Waals surface area contributed by atoms with Crippen molar-refractivity contribution in [2.45, 2.75) is 13.1 Å². The summed E-state index contributed by atoms with van der Waals surface area (Å²) in [7, 11) is 0. The molecule has 7 heteroatoms. The van der Waals surface area contributed by atoms with Gasteiger partial charge < -0.3 is 4.98 Å². The first kappa shape index (κ1) is 13.9. The molecule has 0 atom stereocenters. The van der Waals surface area contributed by atoms with Crippen LogP contribution >= 0.6 is 11.6 Å². The van der Waals surface area contributed by atoms with Gasteiger partial charge in [0.25, 0.3) is 0 Å². The predicted molar refractivity (Wildman–Crippen MR) is 73.2 cm³/mol. The lowest BCUT2D eigenvalue weighted by molar-refractivity contribution is -0.137. The van der Waals surface area contributed by atoms with Crippen LogP contribution in [0.25, 0.3) is 22.6 Å². The molecule has 0 saturated carbocycles. The van der Waals surface area contributed by atoms with E-state index in [9.17, 15) is 13.2 Å². The van der Waals surface area contributed by atoms with Crippen molar-refractivity contribution in [3.8, 4) is 22.6 Å². The maximum absolute atomic E-state index is 12.7. The van der Waals surface area contributed by atoms with Crippen molar-refractivity contribution in [1.82, 2.24) is 15.0 Å². The highest BCUT2D eigenvalue weighted by Gasteiger charge is 2.30. The van der Waals surface area contributed by atoms with Gasteiger partial charge in [-0.1, -0.05) is 23.7 Å². The average Bonchev–Trinajstić information content (AvgIpc) is 2.82. The third kappa shape index (κ3) is 2.58. The molecule has 0 unspecified atom stereocenters. The van der Waals surface area contributed by atoms with E-state index in [0.717, 1.165) is 12.1 Å². The van der Waals surface area contributed by atoms with E-state index in [2.05, 4.69) is 15.0 Å². The zero-order valence-corrected chi connectivity index (χ0v) is 11.5. The van der Waals surface area contributed by atoms with Crippen LogP contribution in [-0.2, 0) is 6.18 Å². The molecule has 1 aromatic carbocycles. The molecule has 1 aromatic rings. The van der Waals surface area contributed by atoms with Gasteiger partial charge in [-0.05, 0) is 25.1 Å². The molecule has 2 heterocycles. The van der Waals surface area contributed by atoms with Crippen molar-refractivity contribution < 1.29 is 13.2 Å². The quantitative estimate of drug-likeness (QED) is 0.669. The molecule has 0 aliphatic carbocycles. The number of aromatic nitrogens is 3. The summed E-state index contributed by atoms with van der Waals surface area (Å²) in [5, 5.41) is 0.222. The van der Waals surface area contributed by atoms with Crippen LogP contribution in [0.5, 0.6) is 0 Å². The van der Waals surface area contributed by atoms with E-state index < -0.39 is 11.7 Å². The van der Waals surface area contributed by atoms with E-state index in [4.69, 9.17) is 11.6 Å². The molecule has 0 bridgehead atoms. The standard InChI is InChI=1S/C14H9ClF3N3/c1-7-19-11-6-10(21-12(11)13(15)20-7)8-3-2-4-9(5-8)14(16,17)18/h2-6H,1H3,(H,19,20). The summed E-state index contributed by atoms with van der Waals surface area (Å²) in [6.07, 6.45) is -4.38. The van der Waals surface area contributed by atoms with Gasteiger partial charge in [-0.15, -0.1) is 0 Å². The number of hydrogen-bond donors (Lipinski definition) is 1. The van der Waals surface area contributed by atoms with E-state index in [1.165, 1.54) is 6.07 Å². The number of benzene rings is 1. The van der Waals surface area contributed by atoms with E-state index >= 15 is 0 Å². The van der Waals surface area contributed by atoms with Crippen LogP contribution in [0.4, 0.5) is 13.2 Å². The van der Waals surface area contributed by atoms with Gasteiger partial charge in [-0.2, -0.15) is 13.2 Å². The zero-order valence-electron chi connectivity index (χ0n) is 10.8. The summed E-state index contributed by atoms with van der Waals surface area (Å²) < 4.78 is 38.2. The second-order valence-electron chi connectivity index (χ2n) is 4.60. The SMILES string of the molecule is Cc1nc(Cl)c2nc(-c3cccc(C(F)(F)F)c3)cc-2[nH]1. The van der Waals surface area contributed by atoms with Gasteiger partial charge >= 0.3 is 6.18 Å². The van der Waals surface area contributed by atoms with Crippen LogP contribution in [-0.4, -0.2) is 15.0 Å². The van der Waals surface area contributed by atoms with E-state index in [-0.39, 0.29) is 5.15 Å². The molecule has 0 aromatic heterocycles. The Balaban J connectivity index is 2.14. The minimum Gasteiger partial charge on any atom is -0.342 e. The fourth-order valence-electron chi connectivity index (χ4n) is 2.10. The topological polar surface area (TPSA) is 41.6 Å². The molecule has 3 nitrogen and oxygen atoms in total. The third-order valence-corrected chi connectivity index (χ3v) is 3.29. The van der Waals surface area contributed by atoms with Gasteiger partial charge in [0.05, 0.1) is 17.0 Å². The smallest absolute Gasteiger partial charge is 0.342 e. The summed E-state index contributed by atoms with van der Waals surface area (Å²) in [6.45, 7) is 1.74. The first-order chi connectivity index (χ1) is 9.84. The Hall–Kier alpha value is -2.08. The van der Waals surface area contributed by atoms with E-state index in [1.807, 2.05) is 0 Å². The van der Waals surface area contributed by atoms with Gasteiger partial charge in [-0.3, -0.25) is 0 Å². The Morgan fingerprint density at radius 2 is 1.90 bits per heavy atom. The third-order valence-electron chi connectivity index (χ3n) is 3.03. The molecule has 2 aliphatic heterocycles. The Bertz CT molecular complexity index is 780. The van der Waals surface area contributed by atoms with Gasteiger partial charge in [0.15, 0.2) is 5.15 Å². The van der Waals surface area contributed by atoms with E-state index in [1.54, 1.807) is 19.1 Å². The summed E-state index contributed by atoms with van der Waals surface area (Å²) in [4.78, 5) is 11.3. The first-order valence-electron chi connectivity index (χ1n) is 6.05. The van der Waals surface area contributed by atoms with E-state index in [0.29, 0.717) is 28.5 Å². The van der Waals surface area contributed by atoms with Crippen molar-refractivity contribution >= 4 is 11.6 Å². The number of H-pyrrole nitrogens is 1. The van der Waals surface area contributed by atoms with Crippen molar-refractivity contribution in [2.75, 3.05) is 0 Å². The highest BCUT2D eigenvalue weighted by Crippen LogP contribution is 2.35. The number of fused-ring (bicyclic) bond motifs is 1. The van der Waals surface area contributed by atoms with Gasteiger partial charge in [0, 0.05) is 5.56 Å². The van der Waals surface area contributed by atoms with Crippen LogP contribution in [0.2, 0.25) is 5.15 Å². The molecule has 3 rings (SSSR count). The lowest BCUT2D eigenvalue weighted by atomic mass is 10.1. The summed E-state index contributed by atoms with van der Waals surface area (Å²) >= 11 is 5.99. The monoisotopic (exact) mass is 311 g/mol. The normalized spacial score (nSPS) is 12.0. The van der Waals surface area contributed by atoms with Crippen molar-refractivity contribution in [2.24, 2.45) is 0 Å². The van der Waals surface area contributed by atoms with Gasteiger partial charge in [0.1, 0.15) is 11.5 Å². The Morgan fingerprint density at radius 1 is 1.14 bits per heavy atom. The molecule has 108 valence electrons. The minimum absolute atomic E-state index is 0.222. The summed E-state index contributed by atoms with van der Waals surface area (Å²) in [5.41, 5.74) is 1.16. The fourth-order valence-corrected chi connectivity index (χ4v) is 2.37. The maximum atomic E-state index is 12.7. The highest BCUT2D eigenvalue weighted by molar-refractivity contribution is 6.31. The van der Waals surface area contributed by atoms with Crippen LogP contribution in [0.15, 0.2) is 30.3 Å². The summed E-state index contributed by atoms with van der Waals surface area (Å²) in [5.74, 6) is 0.607. The van der Waals surface area contributed by atoms with Crippen LogP contribution in [0.1, 0.15) is 11.4 Å². The lowest BCUT2D eigenvalue weighted by Crippen LogP contribution is -2.04. The molecule has 0 saturated heterocycles. The number of hydrogen-bond acceptors (Lipinski definition) is 2. The predicted octanol–water partition coefficient (Wildman–Crippen LogP) is 4.56. The largest absolute Gasteiger partial charge is 0.416 e. The van der Waals surface area contributed by atoms with Crippen LogP contribution < -0.4 is 0 Å².